The van der Waals surface area contributed by atoms with Crippen molar-refractivity contribution >= 4 is 52.1 Å². The van der Waals surface area contributed by atoms with Crippen LogP contribution in [0.15, 0.2) is 84.0 Å². The molecule has 7 nitrogen and oxygen atoms in total. The fourth-order valence-corrected chi connectivity index (χ4v) is 4.06. The summed E-state index contributed by atoms with van der Waals surface area (Å²) in [6.07, 6.45) is 0.672. The highest BCUT2D eigenvalue weighted by Gasteiger charge is 2.17. The van der Waals surface area contributed by atoms with Crippen LogP contribution in [0.2, 0.25) is 10.0 Å². The molecule has 0 aliphatic carbocycles. The van der Waals surface area contributed by atoms with E-state index in [9.17, 15) is 9.59 Å². The first-order chi connectivity index (χ1) is 18.4. The molecular weight excluding hydrogens is 527 g/mol. The number of fused-ring (bicyclic) bond motifs is 1. The number of amides is 1. The Morgan fingerprint density at radius 3 is 2.53 bits per heavy atom. The topological polar surface area (TPSA) is 86.2 Å². The third-order valence-corrected chi connectivity index (χ3v) is 5.98. The van der Waals surface area contributed by atoms with Crippen LogP contribution in [0.25, 0.3) is 10.8 Å². The van der Waals surface area contributed by atoms with Crippen LogP contribution < -0.4 is 19.6 Å². The van der Waals surface area contributed by atoms with Crippen LogP contribution in [0.1, 0.15) is 29.8 Å². The zero-order chi connectivity index (χ0) is 27.1. The molecule has 194 valence electrons. The first-order valence-electron chi connectivity index (χ1n) is 11.8. The molecule has 4 aromatic rings. The van der Waals surface area contributed by atoms with Crippen molar-refractivity contribution in [1.29, 1.82) is 0 Å². The zero-order valence-electron chi connectivity index (χ0n) is 20.6. The molecule has 1 amide bonds. The molecule has 0 spiro atoms. The summed E-state index contributed by atoms with van der Waals surface area (Å²) in [6.45, 7) is 3.79. The molecule has 0 aliphatic heterocycles. The fraction of sp³-hybridized carbons (Fsp3) is 0.138. The van der Waals surface area contributed by atoms with Crippen LogP contribution in [0, 0.1) is 0 Å². The van der Waals surface area contributed by atoms with Gasteiger partial charge in [-0.1, -0.05) is 59.6 Å². The van der Waals surface area contributed by atoms with Gasteiger partial charge in [0.15, 0.2) is 17.6 Å². The maximum atomic E-state index is 12.6. The molecule has 0 saturated heterocycles. The minimum atomic E-state index is -0.779. The first-order valence-corrected chi connectivity index (χ1v) is 12.5. The lowest BCUT2D eigenvalue weighted by Gasteiger charge is -2.15. The number of benzene rings is 4. The second-order valence-electron chi connectivity index (χ2n) is 8.12. The molecule has 0 fully saturated rings. The lowest BCUT2D eigenvalue weighted by molar-refractivity contribution is -0.127. The smallest absolute Gasteiger partial charge is 0.345 e. The second-order valence-corrected chi connectivity index (χ2v) is 8.97. The van der Waals surface area contributed by atoms with E-state index in [4.69, 9.17) is 37.4 Å². The largest absolute Gasteiger partial charge is 0.490 e. The van der Waals surface area contributed by atoms with Crippen molar-refractivity contribution in [2.24, 2.45) is 5.10 Å². The van der Waals surface area contributed by atoms with E-state index in [1.54, 1.807) is 38.1 Å². The maximum absolute atomic E-state index is 12.6. The van der Waals surface area contributed by atoms with Gasteiger partial charge < -0.3 is 14.2 Å². The SMILES string of the molecule is CCOc1cc(/C=N/NC(=O)C(C)Oc2cccc3ccccc23)ccc1OC(=O)c1ccc(Cl)cc1Cl. The van der Waals surface area contributed by atoms with E-state index in [1.807, 2.05) is 42.5 Å². The Hall–Kier alpha value is -4.07. The van der Waals surface area contributed by atoms with Gasteiger partial charge in [0.05, 0.1) is 23.4 Å². The molecule has 0 saturated carbocycles. The Morgan fingerprint density at radius 2 is 1.74 bits per heavy atom. The van der Waals surface area contributed by atoms with Crippen LogP contribution in [0.4, 0.5) is 0 Å². The lowest BCUT2D eigenvalue weighted by atomic mass is 10.1. The molecule has 1 atom stereocenters. The standard InChI is InChI=1S/C29H24Cl2N2O5/c1-3-36-27-15-19(11-14-26(27)38-29(35)23-13-12-21(30)16-24(23)31)17-32-33-28(34)18(2)37-25-10-6-8-20-7-4-5-9-22(20)25/h4-18H,3H2,1-2H3,(H,33,34)/b32-17+. The number of nitrogens with zero attached hydrogens (tertiary/aromatic N) is 1. The zero-order valence-corrected chi connectivity index (χ0v) is 22.1. The lowest BCUT2D eigenvalue weighted by Crippen LogP contribution is -2.33. The van der Waals surface area contributed by atoms with Crippen LogP contribution in [-0.2, 0) is 4.79 Å². The molecule has 38 heavy (non-hydrogen) atoms. The summed E-state index contributed by atoms with van der Waals surface area (Å²) >= 11 is 12.0. The molecule has 1 unspecified atom stereocenters. The van der Waals surface area contributed by atoms with Gasteiger partial charge in [0, 0.05) is 10.4 Å². The number of halogens is 2. The monoisotopic (exact) mass is 550 g/mol. The molecule has 0 heterocycles. The van der Waals surface area contributed by atoms with Crippen LogP contribution >= 0.6 is 23.2 Å². The Morgan fingerprint density at radius 1 is 0.947 bits per heavy atom. The van der Waals surface area contributed by atoms with Crippen molar-refractivity contribution in [1.82, 2.24) is 5.43 Å². The Bertz CT molecular complexity index is 1500. The Balaban J connectivity index is 1.41. The van der Waals surface area contributed by atoms with Crippen molar-refractivity contribution in [2.45, 2.75) is 20.0 Å². The predicted molar refractivity (Wildman–Crippen MR) is 149 cm³/mol. The van der Waals surface area contributed by atoms with Gasteiger partial charge in [0.2, 0.25) is 0 Å². The molecule has 0 radical (unpaired) electrons. The van der Waals surface area contributed by atoms with Crippen LogP contribution in [0.3, 0.4) is 0 Å². The summed E-state index contributed by atoms with van der Waals surface area (Å²) in [5.74, 6) is 0.0854. The van der Waals surface area contributed by atoms with E-state index in [2.05, 4.69) is 10.5 Å². The van der Waals surface area contributed by atoms with Gasteiger partial charge in [-0.2, -0.15) is 5.10 Å². The molecule has 4 rings (SSSR count). The highest BCUT2D eigenvalue weighted by molar-refractivity contribution is 6.36. The van der Waals surface area contributed by atoms with Gasteiger partial charge in [-0.25, -0.2) is 10.2 Å². The molecular formula is C29H24Cl2N2O5. The summed E-state index contributed by atoms with van der Waals surface area (Å²) in [7, 11) is 0. The quantitative estimate of drug-likeness (QED) is 0.109. The normalized spacial score (nSPS) is 11.8. The van der Waals surface area contributed by atoms with E-state index in [0.717, 1.165) is 10.8 Å². The van der Waals surface area contributed by atoms with E-state index in [0.29, 0.717) is 28.7 Å². The third-order valence-electron chi connectivity index (χ3n) is 5.43. The summed E-state index contributed by atoms with van der Waals surface area (Å²) in [4.78, 5) is 25.2. The number of esters is 1. The minimum absolute atomic E-state index is 0.173. The number of ether oxygens (including phenoxy) is 3. The van der Waals surface area contributed by atoms with Crippen molar-refractivity contribution in [3.63, 3.8) is 0 Å². The van der Waals surface area contributed by atoms with E-state index in [1.165, 1.54) is 18.3 Å². The average Bonchev–Trinajstić information content (AvgIpc) is 2.90. The molecule has 0 bridgehead atoms. The van der Waals surface area contributed by atoms with Crippen molar-refractivity contribution in [2.75, 3.05) is 6.61 Å². The second kappa shape index (κ2) is 12.4. The summed E-state index contributed by atoms with van der Waals surface area (Å²) in [5.41, 5.74) is 3.27. The van der Waals surface area contributed by atoms with Crippen molar-refractivity contribution in [3.05, 3.63) is 100 Å². The Labute approximate surface area is 229 Å². The van der Waals surface area contributed by atoms with Crippen molar-refractivity contribution in [3.8, 4) is 17.2 Å². The van der Waals surface area contributed by atoms with E-state index >= 15 is 0 Å². The Kier molecular flexibility index (Phi) is 8.84. The highest BCUT2D eigenvalue weighted by atomic mass is 35.5. The number of rotatable bonds is 9. The number of hydrogen-bond donors (Lipinski definition) is 1. The van der Waals surface area contributed by atoms with Crippen molar-refractivity contribution < 1.29 is 23.8 Å². The predicted octanol–water partition coefficient (Wildman–Crippen LogP) is 6.68. The maximum Gasteiger partial charge on any atom is 0.345 e. The van der Waals surface area contributed by atoms with Gasteiger partial charge in [-0.3, -0.25) is 4.79 Å². The van der Waals surface area contributed by atoms with E-state index in [-0.39, 0.29) is 16.3 Å². The molecule has 4 aromatic carbocycles. The third kappa shape index (κ3) is 6.62. The van der Waals surface area contributed by atoms with Gasteiger partial charge in [-0.05, 0) is 67.3 Å². The van der Waals surface area contributed by atoms with Crippen LogP contribution in [-0.4, -0.2) is 30.8 Å². The molecule has 0 aromatic heterocycles. The van der Waals surface area contributed by atoms with Gasteiger partial charge in [0.1, 0.15) is 5.75 Å². The number of carbonyl (C=O) groups is 2. The fourth-order valence-electron chi connectivity index (χ4n) is 3.57. The van der Waals surface area contributed by atoms with Crippen LogP contribution in [0.5, 0.6) is 17.2 Å². The summed E-state index contributed by atoms with van der Waals surface area (Å²) in [5, 5.41) is 6.55. The minimum Gasteiger partial charge on any atom is -0.490 e. The summed E-state index contributed by atoms with van der Waals surface area (Å²) in [6, 6.07) is 22.8. The van der Waals surface area contributed by atoms with E-state index < -0.39 is 18.0 Å². The first kappa shape index (κ1) is 27.0. The van der Waals surface area contributed by atoms with Gasteiger partial charge >= 0.3 is 5.97 Å². The van der Waals surface area contributed by atoms with Gasteiger partial charge in [0.25, 0.3) is 5.91 Å². The highest BCUT2D eigenvalue weighted by Crippen LogP contribution is 2.30. The number of carbonyl (C=O) groups excluding carboxylic acids is 2. The number of hydrazone groups is 1. The average molecular weight is 551 g/mol. The molecule has 9 heteroatoms. The molecule has 1 N–H and O–H groups in total. The number of hydrogen-bond acceptors (Lipinski definition) is 6. The molecule has 0 aliphatic rings. The number of nitrogens with one attached hydrogen (secondary N) is 1. The van der Waals surface area contributed by atoms with Gasteiger partial charge in [-0.15, -0.1) is 0 Å². The summed E-state index contributed by atoms with van der Waals surface area (Å²) < 4.78 is 17.0.